The summed E-state index contributed by atoms with van der Waals surface area (Å²) in [4.78, 5) is 11.5. The third kappa shape index (κ3) is 0.605. The fourth-order valence-corrected chi connectivity index (χ4v) is 3.59. The largest absolute Gasteiger partial charge is 0.299 e. The van der Waals surface area contributed by atoms with Gasteiger partial charge in [-0.3, -0.25) is 4.79 Å². The van der Waals surface area contributed by atoms with Crippen LogP contribution in [0, 0.1) is 17.3 Å². The van der Waals surface area contributed by atoms with Crippen molar-refractivity contribution < 1.29 is 4.79 Å². The van der Waals surface area contributed by atoms with Crippen LogP contribution in [0.25, 0.3) is 0 Å². The van der Waals surface area contributed by atoms with Gasteiger partial charge in [-0.1, -0.05) is 6.42 Å². The molecule has 3 aliphatic rings. The Labute approximate surface area is 67.2 Å². The van der Waals surface area contributed by atoms with Gasteiger partial charge in [0, 0.05) is 12.3 Å². The third-order valence-electron chi connectivity index (χ3n) is 4.24. The average Bonchev–Trinajstić information content (AvgIpc) is 2.51. The van der Waals surface area contributed by atoms with E-state index in [1.807, 2.05) is 0 Å². The number of hydrogen-bond donors (Lipinski definition) is 0. The molecule has 1 spiro atoms. The van der Waals surface area contributed by atoms with Gasteiger partial charge < -0.3 is 0 Å². The zero-order valence-corrected chi connectivity index (χ0v) is 6.81. The summed E-state index contributed by atoms with van der Waals surface area (Å²) in [6.07, 6.45) is 7.42. The molecule has 0 radical (unpaired) electrons. The van der Waals surface area contributed by atoms with Crippen molar-refractivity contribution in [1.29, 1.82) is 0 Å². The molecule has 3 atom stereocenters. The van der Waals surface area contributed by atoms with Crippen molar-refractivity contribution in [2.75, 3.05) is 0 Å². The Kier molecular flexibility index (Phi) is 0.961. The van der Waals surface area contributed by atoms with E-state index >= 15 is 0 Å². The van der Waals surface area contributed by atoms with Crippen LogP contribution >= 0.6 is 0 Å². The van der Waals surface area contributed by atoms with Crippen LogP contribution in [0.3, 0.4) is 0 Å². The van der Waals surface area contributed by atoms with Crippen LogP contribution in [-0.4, -0.2) is 5.78 Å². The van der Waals surface area contributed by atoms with E-state index in [1.54, 1.807) is 0 Å². The highest BCUT2D eigenvalue weighted by atomic mass is 16.1. The van der Waals surface area contributed by atoms with E-state index < -0.39 is 0 Å². The fraction of sp³-hybridized carbons (Fsp3) is 0.900. The molecule has 60 valence electrons. The molecule has 1 nitrogen and oxygen atoms in total. The molecule has 3 aliphatic carbocycles. The lowest BCUT2D eigenvalue weighted by atomic mass is 9.80. The topological polar surface area (TPSA) is 17.1 Å². The Hall–Kier alpha value is -0.330. The maximum Gasteiger partial charge on any atom is 0.136 e. The molecular formula is C10H14O. The molecule has 3 fully saturated rings. The van der Waals surface area contributed by atoms with Gasteiger partial charge in [-0.05, 0) is 37.0 Å². The van der Waals surface area contributed by atoms with Crippen LogP contribution in [0.1, 0.15) is 38.5 Å². The molecule has 0 aromatic heterocycles. The van der Waals surface area contributed by atoms with Gasteiger partial charge in [-0.15, -0.1) is 0 Å². The Morgan fingerprint density at radius 1 is 1.36 bits per heavy atom. The molecule has 0 aromatic carbocycles. The number of carbonyl (C=O) groups excluding carboxylic acids is 1. The van der Waals surface area contributed by atoms with Crippen LogP contribution in [0.5, 0.6) is 0 Å². The van der Waals surface area contributed by atoms with Crippen molar-refractivity contribution in [3.63, 3.8) is 0 Å². The molecule has 0 aromatic rings. The van der Waals surface area contributed by atoms with Crippen molar-refractivity contribution in [1.82, 2.24) is 0 Å². The van der Waals surface area contributed by atoms with E-state index in [0.29, 0.717) is 17.1 Å². The van der Waals surface area contributed by atoms with Crippen molar-refractivity contribution in [3.8, 4) is 0 Å². The molecule has 3 saturated carbocycles. The molecule has 1 heteroatoms. The minimum Gasteiger partial charge on any atom is -0.299 e. The molecule has 0 amide bonds. The van der Waals surface area contributed by atoms with E-state index in [4.69, 9.17) is 0 Å². The van der Waals surface area contributed by atoms with Crippen molar-refractivity contribution in [3.05, 3.63) is 0 Å². The second-order valence-electron chi connectivity index (χ2n) is 4.58. The van der Waals surface area contributed by atoms with Crippen LogP contribution in [0.4, 0.5) is 0 Å². The van der Waals surface area contributed by atoms with Gasteiger partial charge in [0.1, 0.15) is 5.78 Å². The SMILES string of the molecule is O=C1CC[C@H]2C[C@]23CCCC13. The number of carbonyl (C=O) groups is 1. The van der Waals surface area contributed by atoms with Crippen LogP contribution in [0.15, 0.2) is 0 Å². The molecular weight excluding hydrogens is 136 g/mol. The standard InChI is InChI=1S/C10H14O/c11-9-4-3-7-6-10(7)5-1-2-8(9)10/h7-8H,1-6H2/t7-,8?,10+/m0/s1. The predicted octanol–water partition coefficient (Wildman–Crippen LogP) is 2.16. The van der Waals surface area contributed by atoms with Crippen molar-refractivity contribution >= 4 is 5.78 Å². The van der Waals surface area contributed by atoms with Gasteiger partial charge in [-0.2, -0.15) is 0 Å². The lowest BCUT2D eigenvalue weighted by Gasteiger charge is -2.23. The van der Waals surface area contributed by atoms with Gasteiger partial charge in [0.25, 0.3) is 0 Å². The predicted molar refractivity (Wildman–Crippen MR) is 42.1 cm³/mol. The lowest BCUT2D eigenvalue weighted by molar-refractivity contribution is -0.126. The first-order chi connectivity index (χ1) is 5.33. The molecule has 11 heavy (non-hydrogen) atoms. The highest BCUT2D eigenvalue weighted by Gasteiger charge is 2.63. The molecule has 0 N–H and O–H groups in total. The van der Waals surface area contributed by atoms with E-state index in [9.17, 15) is 4.79 Å². The second-order valence-corrected chi connectivity index (χ2v) is 4.58. The minimum atomic E-state index is 0.515. The Bertz CT molecular complexity index is 221. The summed E-state index contributed by atoms with van der Waals surface area (Å²) in [7, 11) is 0. The summed E-state index contributed by atoms with van der Waals surface area (Å²) in [5.74, 6) is 2.07. The van der Waals surface area contributed by atoms with E-state index in [0.717, 1.165) is 12.3 Å². The summed E-state index contributed by atoms with van der Waals surface area (Å²) >= 11 is 0. The molecule has 0 saturated heterocycles. The highest BCUT2D eigenvalue weighted by Crippen LogP contribution is 2.69. The molecule has 0 heterocycles. The first-order valence-electron chi connectivity index (χ1n) is 4.86. The number of hydrogen-bond acceptors (Lipinski definition) is 1. The fourth-order valence-electron chi connectivity index (χ4n) is 3.59. The van der Waals surface area contributed by atoms with Gasteiger partial charge in [0.05, 0.1) is 0 Å². The normalized spacial score (nSPS) is 53.6. The third-order valence-corrected chi connectivity index (χ3v) is 4.24. The molecule has 0 aliphatic heterocycles. The van der Waals surface area contributed by atoms with E-state index in [-0.39, 0.29) is 0 Å². The highest BCUT2D eigenvalue weighted by molar-refractivity contribution is 5.84. The lowest BCUT2D eigenvalue weighted by Crippen LogP contribution is -2.25. The van der Waals surface area contributed by atoms with Crippen molar-refractivity contribution in [2.24, 2.45) is 17.3 Å². The van der Waals surface area contributed by atoms with Gasteiger partial charge in [-0.25, -0.2) is 0 Å². The zero-order valence-electron chi connectivity index (χ0n) is 6.81. The van der Waals surface area contributed by atoms with Crippen LogP contribution in [-0.2, 0) is 4.79 Å². The van der Waals surface area contributed by atoms with Gasteiger partial charge in [0.2, 0.25) is 0 Å². The quantitative estimate of drug-likeness (QED) is 0.517. The first kappa shape index (κ1) is 6.22. The minimum absolute atomic E-state index is 0.515. The van der Waals surface area contributed by atoms with Crippen LogP contribution < -0.4 is 0 Å². The molecule has 1 unspecified atom stereocenters. The zero-order chi connectivity index (χ0) is 7.47. The monoisotopic (exact) mass is 150 g/mol. The van der Waals surface area contributed by atoms with E-state index in [1.165, 1.54) is 32.1 Å². The summed E-state index contributed by atoms with van der Waals surface area (Å²) in [5.41, 5.74) is 0.579. The summed E-state index contributed by atoms with van der Waals surface area (Å²) < 4.78 is 0. The van der Waals surface area contributed by atoms with Crippen molar-refractivity contribution in [2.45, 2.75) is 38.5 Å². The summed E-state index contributed by atoms with van der Waals surface area (Å²) in [6, 6.07) is 0. The van der Waals surface area contributed by atoms with E-state index in [2.05, 4.69) is 0 Å². The number of rotatable bonds is 0. The Morgan fingerprint density at radius 2 is 2.27 bits per heavy atom. The Morgan fingerprint density at radius 3 is 3.09 bits per heavy atom. The summed E-state index contributed by atoms with van der Waals surface area (Å²) in [5, 5.41) is 0. The molecule has 3 rings (SSSR count). The first-order valence-corrected chi connectivity index (χ1v) is 4.86. The maximum atomic E-state index is 11.5. The maximum absolute atomic E-state index is 11.5. The van der Waals surface area contributed by atoms with Crippen LogP contribution in [0.2, 0.25) is 0 Å². The number of ketones is 1. The second kappa shape index (κ2) is 1.70. The average molecular weight is 150 g/mol. The van der Waals surface area contributed by atoms with Gasteiger partial charge >= 0.3 is 0 Å². The van der Waals surface area contributed by atoms with Gasteiger partial charge in [0.15, 0.2) is 0 Å². The Balaban J connectivity index is 1.97. The molecule has 0 bridgehead atoms. The smallest absolute Gasteiger partial charge is 0.136 e. The summed E-state index contributed by atoms with van der Waals surface area (Å²) in [6.45, 7) is 0. The number of Topliss-reactive ketones (excluding diaryl/α,β-unsaturated/α-hetero) is 1.